The molecule has 174 valence electrons. The van der Waals surface area contributed by atoms with Gasteiger partial charge in [-0.2, -0.15) is 4.52 Å². The lowest BCUT2D eigenvalue weighted by Gasteiger charge is -2.27. The Labute approximate surface area is 193 Å². The first-order valence-electron chi connectivity index (χ1n) is 11.6. The molecular weight excluding hydrogens is 420 g/mol. The Bertz CT molecular complexity index is 1080. The normalized spacial score (nSPS) is 14.8. The number of hydrogen-bond acceptors (Lipinski definition) is 7. The summed E-state index contributed by atoms with van der Waals surface area (Å²) in [7, 11) is 0. The fraction of sp³-hybridized carbons (Fsp3) is 0.458. The highest BCUT2D eigenvalue weighted by atomic mass is 16.5. The number of amides is 1. The molecule has 1 saturated heterocycles. The molecule has 0 radical (unpaired) electrons. The molecule has 0 aliphatic carbocycles. The van der Waals surface area contributed by atoms with Crippen LogP contribution in [0.4, 0.5) is 5.82 Å². The number of piperidine rings is 1. The van der Waals surface area contributed by atoms with Gasteiger partial charge in [0.05, 0.1) is 6.61 Å². The van der Waals surface area contributed by atoms with E-state index >= 15 is 0 Å². The number of aromatic nitrogens is 4. The highest BCUT2D eigenvalue weighted by molar-refractivity contribution is 5.84. The summed E-state index contributed by atoms with van der Waals surface area (Å²) < 4.78 is 6.87. The lowest BCUT2D eigenvalue weighted by atomic mass is 10.1. The third-order valence-electron chi connectivity index (χ3n) is 5.76. The van der Waals surface area contributed by atoms with Gasteiger partial charge in [-0.1, -0.05) is 30.3 Å². The first-order valence-corrected chi connectivity index (χ1v) is 11.6. The van der Waals surface area contributed by atoms with Gasteiger partial charge >= 0.3 is 5.97 Å². The van der Waals surface area contributed by atoms with E-state index in [-0.39, 0.29) is 18.9 Å². The third kappa shape index (κ3) is 5.85. The molecular formula is C24H30N6O3. The van der Waals surface area contributed by atoms with Crippen LogP contribution in [-0.2, 0) is 27.2 Å². The van der Waals surface area contributed by atoms with Crippen molar-refractivity contribution in [3.05, 3.63) is 53.9 Å². The van der Waals surface area contributed by atoms with Crippen LogP contribution in [-0.4, -0.2) is 57.4 Å². The Morgan fingerprint density at radius 1 is 1.06 bits per heavy atom. The van der Waals surface area contributed by atoms with Gasteiger partial charge in [0, 0.05) is 32.4 Å². The number of carbonyl (C=O) groups excluding carboxylic acids is 2. The number of nitrogens with zero attached hydrogens (tertiary/aromatic N) is 5. The van der Waals surface area contributed by atoms with Crippen molar-refractivity contribution >= 4 is 23.3 Å². The summed E-state index contributed by atoms with van der Waals surface area (Å²) in [5.74, 6) is 0.844. The van der Waals surface area contributed by atoms with Gasteiger partial charge in [0.25, 0.3) is 0 Å². The van der Waals surface area contributed by atoms with E-state index < -0.39 is 12.0 Å². The van der Waals surface area contributed by atoms with Crippen LogP contribution in [0.15, 0.2) is 42.5 Å². The summed E-state index contributed by atoms with van der Waals surface area (Å²) in [4.78, 5) is 27.4. The number of anilines is 1. The highest BCUT2D eigenvalue weighted by Gasteiger charge is 2.23. The van der Waals surface area contributed by atoms with Crippen LogP contribution in [0.5, 0.6) is 0 Å². The molecule has 9 heteroatoms. The van der Waals surface area contributed by atoms with Crippen molar-refractivity contribution in [2.45, 2.75) is 51.5 Å². The second-order valence-electron chi connectivity index (χ2n) is 8.19. The minimum absolute atomic E-state index is 0.168. The van der Waals surface area contributed by atoms with Gasteiger partial charge in [-0.15, -0.1) is 15.3 Å². The Kier molecular flexibility index (Phi) is 7.49. The second-order valence-corrected chi connectivity index (χ2v) is 8.19. The van der Waals surface area contributed by atoms with Crippen molar-refractivity contribution < 1.29 is 14.3 Å². The Morgan fingerprint density at radius 2 is 1.85 bits per heavy atom. The zero-order chi connectivity index (χ0) is 23.0. The Balaban J connectivity index is 1.40. The number of esters is 1. The lowest BCUT2D eigenvalue weighted by Crippen LogP contribution is -2.43. The Morgan fingerprint density at radius 3 is 2.61 bits per heavy atom. The standard InChI is InChI=1S/C24H30N6O3/c1-2-33-24(32)19(17-18-9-5-3-6-10-18)25-23(31)14-13-21-27-26-20-11-12-22(28-30(20)21)29-15-7-4-8-16-29/h3,5-6,9-12,19H,2,4,7-8,13-17H2,1H3,(H,25,31). The third-order valence-corrected chi connectivity index (χ3v) is 5.76. The van der Waals surface area contributed by atoms with E-state index in [1.165, 1.54) is 19.3 Å². The maximum Gasteiger partial charge on any atom is 0.328 e. The summed E-state index contributed by atoms with van der Waals surface area (Å²) in [6, 6.07) is 12.7. The first-order chi connectivity index (χ1) is 16.1. The number of hydrogen-bond donors (Lipinski definition) is 1. The zero-order valence-corrected chi connectivity index (χ0v) is 18.9. The number of aryl methyl sites for hydroxylation is 1. The molecule has 1 aliphatic rings. The molecule has 0 saturated carbocycles. The van der Waals surface area contributed by atoms with E-state index in [1.54, 1.807) is 11.4 Å². The summed E-state index contributed by atoms with van der Waals surface area (Å²) in [5, 5.41) is 15.9. The molecule has 1 aromatic carbocycles. The first kappa shape index (κ1) is 22.7. The van der Waals surface area contributed by atoms with Gasteiger partial charge in [0.2, 0.25) is 5.91 Å². The van der Waals surface area contributed by atoms with E-state index in [0.29, 0.717) is 24.3 Å². The minimum Gasteiger partial charge on any atom is -0.464 e. The number of rotatable bonds is 9. The van der Waals surface area contributed by atoms with Gasteiger partial charge in [0.1, 0.15) is 11.9 Å². The van der Waals surface area contributed by atoms with Crippen molar-refractivity contribution in [3.8, 4) is 0 Å². The molecule has 3 aromatic rings. The van der Waals surface area contributed by atoms with Gasteiger partial charge in [-0.25, -0.2) is 4.79 Å². The fourth-order valence-corrected chi connectivity index (χ4v) is 4.05. The van der Waals surface area contributed by atoms with E-state index in [4.69, 9.17) is 9.84 Å². The quantitative estimate of drug-likeness (QED) is 0.499. The summed E-state index contributed by atoms with van der Waals surface area (Å²) in [5.41, 5.74) is 1.60. The molecule has 0 spiro atoms. The molecule has 9 nitrogen and oxygen atoms in total. The van der Waals surface area contributed by atoms with Crippen LogP contribution in [0.3, 0.4) is 0 Å². The van der Waals surface area contributed by atoms with E-state index in [0.717, 1.165) is 24.5 Å². The van der Waals surface area contributed by atoms with Gasteiger partial charge in [-0.05, 0) is 43.9 Å². The molecule has 4 rings (SSSR count). The molecule has 1 fully saturated rings. The largest absolute Gasteiger partial charge is 0.464 e. The van der Waals surface area contributed by atoms with Crippen LogP contribution in [0.1, 0.15) is 44.0 Å². The molecule has 2 aromatic heterocycles. The smallest absolute Gasteiger partial charge is 0.328 e. The monoisotopic (exact) mass is 450 g/mol. The van der Waals surface area contributed by atoms with Crippen LogP contribution in [0.25, 0.3) is 5.65 Å². The molecule has 1 atom stereocenters. The maximum absolute atomic E-state index is 12.7. The average Bonchev–Trinajstić information content (AvgIpc) is 3.26. The van der Waals surface area contributed by atoms with E-state index in [2.05, 4.69) is 20.4 Å². The second kappa shape index (κ2) is 10.9. The number of nitrogens with one attached hydrogen (secondary N) is 1. The number of benzene rings is 1. The predicted octanol–water partition coefficient (Wildman–Crippen LogP) is 2.34. The minimum atomic E-state index is -0.737. The molecule has 1 N–H and O–H groups in total. The molecule has 33 heavy (non-hydrogen) atoms. The van der Waals surface area contributed by atoms with E-state index in [9.17, 15) is 9.59 Å². The summed E-state index contributed by atoms with van der Waals surface area (Å²) in [6.45, 7) is 4.00. The topological polar surface area (TPSA) is 102 Å². The zero-order valence-electron chi connectivity index (χ0n) is 18.9. The van der Waals surface area contributed by atoms with Gasteiger partial charge in [0.15, 0.2) is 11.5 Å². The van der Waals surface area contributed by atoms with Gasteiger partial charge in [-0.3, -0.25) is 4.79 Å². The van der Waals surface area contributed by atoms with Crippen molar-refractivity contribution in [1.29, 1.82) is 0 Å². The highest BCUT2D eigenvalue weighted by Crippen LogP contribution is 2.18. The van der Waals surface area contributed by atoms with Crippen molar-refractivity contribution in [1.82, 2.24) is 25.1 Å². The van der Waals surface area contributed by atoms with Crippen LogP contribution in [0.2, 0.25) is 0 Å². The number of carbonyl (C=O) groups is 2. The fourth-order valence-electron chi connectivity index (χ4n) is 4.05. The van der Waals surface area contributed by atoms with E-state index in [1.807, 2.05) is 42.5 Å². The average molecular weight is 451 g/mol. The molecule has 1 unspecified atom stereocenters. The van der Waals surface area contributed by atoms with Crippen molar-refractivity contribution in [2.24, 2.45) is 0 Å². The van der Waals surface area contributed by atoms with Crippen LogP contribution >= 0.6 is 0 Å². The molecule has 3 heterocycles. The van der Waals surface area contributed by atoms with Crippen molar-refractivity contribution in [3.63, 3.8) is 0 Å². The maximum atomic E-state index is 12.7. The Hall–Kier alpha value is -3.49. The summed E-state index contributed by atoms with van der Waals surface area (Å²) >= 11 is 0. The lowest BCUT2D eigenvalue weighted by molar-refractivity contribution is -0.147. The molecule has 1 amide bonds. The SMILES string of the molecule is CCOC(=O)C(Cc1ccccc1)NC(=O)CCc1nnc2ccc(N3CCCCC3)nn12. The number of ether oxygens (including phenoxy) is 1. The molecule has 1 aliphatic heterocycles. The van der Waals surface area contributed by atoms with Crippen LogP contribution in [0, 0.1) is 0 Å². The van der Waals surface area contributed by atoms with Crippen molar-refractivity contribution in [2.75, 3.05) is 24.6 Å². The van der Waals surface area contributed by atoms with Crippen LogP contribution < -0.4 is 10.2 Å². The number of fused-ring (bicyclic) bond motifs is 1. The predicted molar refractivity (Wildman–Crippen MR) is 124 cm³/mol. The molecule has 0 bridgehead atoms. The summed E-state index contributed by atoms with van der Waals surface area (Å²) in [6.07, 6.45) is 4.49. The van der Waals surface area contributed by atoms with Gasteiger partial charge < -0.3 is 15.0 Å².